The van der Waals surface area contributed by atoms with Crippen LogP contribution in [0.25, 0.3) is 0 Å². The molecule has 0 aromatic heterocycles. The summed E-state index contributed by atoms with van der Waals surface area (Å²) >= 11 is 3.39. The molecule has 0 heterocycles. The van der Waals surface area contributed by atoms with Gasteiger partial charge in [-0.2, -0.15) is 0 Å². The van der Waals surface area contributed by atoms with Gasteiger partial charge in [0.1, 0.15) is 0 Å². The smallest absolute Gasteiger partial charge is 0.251 e. The number of amides is 1. The largest absolute Gasteiger partial charge is 0.352 e. The van der Waals surface area contributed by atoms with E-state index in [4.69, 9.17) is 0 Å². The second-order valence-electron chi connectivity index (χ2n) is 5.66. The zero-order valence-corrected chi connectivity index (χ0v) is 11.9. The summed E-state index contributed by atoms with van der Waals surface area (Å²) in [5.74, 6) is 2.60. The van der Waals surface area contributed by atoms with Gasteiger partial charge in [-0.25, -0.2) is 0 Å². The highest BCUT2D eigenvalue weighted by Gasteiger charge is 2.39. The lowest BCUT2D eigenvalue weighted by atomic mass is 9.89. The van der Waals surface area contributed by atoms with Gasteiger partial charge < -0.3 is 5.32 Å². The van der Waals surface area contributed by atoms with Gasteiger partial charge >= 0.3 is 0 Å². The Morgan fingerprint density at radius 2 is 2.22 bits per heavy atom. The van der Waals surface area contributed by atoms with Gasteiger partial charge in [-0.1, -0.05) is 28.4 Å². The summed E-state index contributed by atoms with van der Waals surface area (Å²) in [7, 11) is 0. The van der Waals surface area contributed by atoms with E-state index in [2.05, 4.69) is 21.2 Å². The minimum atomic E-state index is 0.0547. The normalized spacial score (nSPS) is 29.5. The Labute approximate surface area is 116 Å². The first-order valence-electron chi connectivity index (χ1n) is 6.76. The summed E-state index contributed by atoms with van der Waals surface area (Å²) in [6.45, 7) is 0.854. The maximum absolute atomic E-state index is 12.0. The van der Waals surface area contributed by atoms with Crippen molar-refractivity contribution in [1.82, 2.24) is 5.32 Å². The number of hydrogen-bond donors (Lipinski definition) is 1. The Balaban J connectivity index is 1.56. The van der Waals surface area contributed by atoms with Gasteiger partial charge in [0.25, 0.3) is 5.91 Å². The molecular weight excluding hydrogens is 290 g/mol. The molecule has 1 N–H and O–H groups in total. The van der Waals surface area contributed by atoms with Crippen LogP contribution in [0.5, 0.6) is 0 Å². The van der Waals surface area contributed by atoms with Crippen molar-refractivity contribution in [3.05, 3.63) is 34.3 Å². The van der Waals surface area contributed by atoms with Gasteiger partial charge in [-0.05, 0) is 55.2 Å². The van der Waals surface area contributed by atoms with E-state index in [1.165, 1.54) is 25.7 Å². The van der Waals surface area contributed by atoms with Crippen molar-refractivity contribution in [2.45, 2.75) is 25.7 Å². The third-order valence-electron chi connectivity index (χ3n) is 4.50. The molecule has 0 radical (unpaired) electrons. The van der Waals surface area contributed by atoms with Crippen molar-refractivity contribution >= 4 is 21.8 Å². The highest BCUT2D eigenvalue weighted by Crippen LogP contribution is 2.47. The number of carbonyl (C=O) groups excluding carboxylic acids is 1. The highest BCUT2D eigenvalue weighted by molar-refractivity contribution is 9.10. The molecule has 3 heteroatoms. The summed E-state index contributed by atoms with van der Waals surface area (Å²) in [5, 5.41) is 3.09. The fourth-order valence-corrected chi connectivity index (χ4v) is 3.98. The number of benzene rings is 1. The molecule has 0 unspecified atom stereocenters. The molecule has 2 bridgehead atoms. The zero-order chi connectivity index (χ0) is 12.5. The second kappa shape index (κ2) is 5.04. The molecule has 2 saturated carbocycles. The average molecular weight is 308 g/mol. The highest BCUT2D eigenvalue weighted by atomic mass is 79.9. The van der Waals surface area contributed by atoms with Crippen LogP contribution in [-0.2, 0) is 0 Å². The average Bonchev–Trinajstić information content (AvgIpc) is 2.98. The third kappa shape index (κ3) is 2.46. The van der Waals surface area contributed by atoms with E-state index in [1.54, 1.807) is 0 Å². The van der Waals surface area contributed by atoms with E-state index in [0.717, 1.165) is 34.3 Å². The lowest BCUT2D eigenvalue weighted by Gasteiger charge is -2.21. The first kappa shape index (κ1) is 12.2. The van der Waals surface area contributed by atoms with E-state index >= 15 is 0 Å². The first-order valence-corrected chi connectivity index (χ1v) is 7.55. The monoisotopic (exact) mass is 307 g/mol. The summed E-state index contributed by atoms with van der Waals surface area (Å²) in [5.41, 5.74) is 0.743. The lowest BCUT2D eigenvalue weighted by Crippen LogP contribution is -2.31. The van der Waals surface area contributed by atoms with Crippen LogP contribution in [0, 0.1) is 17.8 Å². The summed E-state index contributed by atoms with van der Waals surface area (Å²) in [6, 6.07) is 7.57. The van der Waals surface area contributed by atoms with Gasteiger partial charge in [0, 0.05) is 16.6 Å². The molecule has 0 saturated heterocycles. The number of nitrogens with one attached hydrogen (secondary N) is 1. The van der Waals surface area contributed by atoms with Crippen LogP contribution >= 0.6 is 15.9 Å². The molecule has 0 aliphatic heterocycles. The number of rotatable bonds is 3. The molecule has 3 atom stereocenters. The van der Waals surface area contributed by atoms with Crippen molar-refractivity contribution in [3.8, 4) is 0 Å². The molecular formula is C15H18BrNO. The SMILES string of the molecule is O=C(NC[C@@H]1C[C@H]2CC[C@@H]1C2)c1cccc(Br)c1. The molecule has 1 aromatic rings. The fraction of sp³-hybridized carbons (Fsp3) is 0.533. The molecule has 96 valence electrons. The van der Waals surface area contributed by atoms with E-state index in [0.29, 0.717) is 0 Å². The Hall–Kier alpha value is -0.830. The standard InChI is InChI=1S/C15H18BrNO/c16-14-3-1-2-12(8-14)15(18)17-9-13-7-10-4-5-11(13)6-10/h1-3,8,10-11,13H,4-7,9H2,(H,17,18)/t10-,11+,13-/m0/s1. The minimum Gasteiger partial charge on any atom is -0.352 e. The molecule has 0 spiro atoms. The number of halogens is 1. The van der Waals surface area contributed by atoms with E-state index in [-0.39, 0.29) is 5.91 Å². The predicted molar refractivity (Wildman–Crippen MR) is 75.4 cm³/mol. The molecule has 2 aliphatic carbocycles. The maximum atomic E-state index is 12.0. The van der Waals surface area contributed by atoms with Gasteiger partial charge in [0.05, 0.1) is 0 Å². The van der Waals surface area contributed by atoms with Gasteiger partial charge in [0.15, 0.2) is 0 Å². The van der Waals surface area contributed by atoms with Crippen molar-refractivity contribution in [2.24, 2.45) is 17.8 Å². The fourth-order valence-electron chi connectivity index (χ4n) is 3.58. The Bertz CT molecular complexity index is 460. The molecule has 2 fully saturated rings. The number of carbonyl (C=O) groups is 1. The van der Waals surface area contributed by atoms with Gasteiger partial charge in [0.2, 0.25) is 0 Å². The lowest BCUT2D eigenvalue weighted by molar-refractivity contribution is 0.0941. The summed E-state index contributed by atoms with van der Waals surface area (Å²) in [4.78, 5) is 12.0. The van der Waals surface area contributed by atoms with Crippen molar-refractivity contribution in [3.63, 3.8) is 0 Å². The topological polar surface area (TPSA) is 29.1 Å². The van der Waals surface area contributed by atoms with Crippen LogP contribution in [0.1, 0.15) is 36.0 Å². The summed E-state index contributed by atoms with van der Waals surface area (Å²) < 4.78 is 0.954. The minimum absolute atomic E-state index is 0.0547. The molecule has 2 aliphatic rings. The Morgan fingerprint density at radius 3 is 2.89 bits per heavy atom. The van der Waals surface area contributed by atoms with E-state index in [9.17, 15) is 4.79 Å². The molecule has 3 rings (SSSR count). The first-order chi connectivity index (χ1) is 8.72. The number of fused-ring (bicyclic) bond motifs is 2. The summed E-state index contributed by atoms with van der Waals surface area (Å²) in [6.07, 6.45) is 5.52. The van der Waals surface area contributed by atoms with Crippen molar-refractivity contribution in [2.75, 3.05) is 6.54 Å². The number of hydrogen-bond acceptors (Lipinski definition) is 1. The Kier molecular flexibility index (Phi) is 3.42. The van der Waals surface area contributed by atoms with Crippen LogP contribution in [0.2, 0.25) is 0 Å². The molecule has 18 heavy (non-hydrogen) atoms. The van der Waals surface area contributed by atoms with E-state index in [1.807, 2.05) is 24.3 Å². The van der Waals surface area contributed by atoms with E-state index < -0.39 is 0 Å². The van der Waals surface area contributed by atoms with Crippen LogP contribution in [0.15, 0.2) is 28.7 Å². The predicted octanol–water partition coefficient (Wildman–Crippen LogP) is 3.62. The quantitative estimate of drug-likeness (QED) is 0.908. The van der Waals surface area contributed by atoms with Crippen LogP contribution in [-0.4, -0.2) is 12.5 Å². The molecule has 1 aromatic carbocycles. The molecule has 1 amide bonds. The van der Waals surface area contributed by atoms with Crippen LogP contribution in [0.4, 0.5) is 0 Å². The molecule has 2 nitrogen and oxygen atoms in total. The second-order valence-corrected chi connectivity index (χ2v) is 6.57. The van der Waals surface area contributed by atoms with Gasteiger partial charge in [-0.3, -0.25) is 4.79 Å². The van der Waals surface area contributed by atoms with Crippen LogP contribution in [0.3, 0.4) is 0 Å². The Morgan fingerprint density at radius 1 is 1.33 bits per heavy atom. The van der Waals surface area contributed by atoms with Gasteiger partial charge in [-0.15, -0.1) is 0 Å². The third-order valence-corrected chi connectivity index (χ3v) is 4.99. The van der Waals surface area contributed by atoms with Crippen molar-refractivity contribution < 1.29 is 4.79 Å². The maximum Gasteiger partial charge on any atom is 0.251 e. The van der Waals surface area contributed by atoms with Crippen molar-refractivity contribution in [1.29, 1.82) is 0 Å². The zero-order valence-electron chi connectivity index (χ0n) is 10.4. The van der Waals surface area contributed by atoms with Crippen LogP contribution < -0.4 is 5.32 Å².